The summed E-state index contributed by atoms with van der Waals surface area (Å²) >= 11 is 0. The Morgan fingerprint density at radius 3 is 2.57 bits per heavy atom. The van der Waals surface area contributed by atoms with Crippen LogP contribution in [-0.2, 0) is 0 Å². The van der Waals surface area contributed by atoms with Gasteiger partial charge >= 0.3 is 0 Å². The van der Waals surface area contributed by atoms with Crippen molar-refractivity contribution in [3.63, 3.8) is 0 Å². The van der Waals surface area contributed by atoms with Gasteiger partial charge in [0, 0.05) is 6.04 Å². The number of hydrogen-bond donors (Lipinski definition) is 2. The number of nitrogens with two attached hydrogens (primary N) is 1. The number of rotatable bonds is 0. The van der Waals surface area contributed by atoms with Gasteiger partial charge in [-0.05, 0) is 79.4 Å². The molecule has 0 amide bonds. The van der Waals surface area contributed by atoms with Gasteiger partial charge in [0.05, 0.1) is 6.10 Å². The molecular formula is C19H33NO. The van der Waals surface area contributed by atoms with E-state index in [0.717, 1.165) is 36.5 Å². The van der Waals surface area contributed by atoms with Crippen LogP contribution in [0, 0.1) is 34.5 Å². The Bertz CT molecular complexity index is 424. The molecule has 21 heavy (non-hydrogen) atoms. The molecule has 0 saturated heterocycles. The van der Waals surface area contributed by atoms with E-state index in [2.05, 4.69) is 13.8 Å². The second-order valence-corrected chi connectivity index (χ2v) is 9.29. The van der Waals surface area contributed by atoms with Gasteiger partial charge in [-0.3, -0.25) is 0 Å². The first-order valence-corrected chi connectivity index (χ1v) is 9.40. The van der Waals surface area contributed by atoms with E-state index in [0.29, 0.717) is 11.5 Å². The highest BCUT2D eigenvalue weighted by Gasteiger charge is 2.61. The van der Waals surface area contributed by atoms with E-state index in [1.54, 1.807) is 0 Å². The summed E-state index contributed by atoms with van der Waals surface area (Å²) < 4.78 is 0. The minimum absolute atomic E-state index is 0.105. The van der Waals surface area contributed by atoms with Gasteiger partial charge in [-0.25, -0.2) is 0 Å². The normalized spacial score (nSPS) is 60.0. The van der Waals surface area contributed by atoms with Gasteiger partial charge in [-0.1, -0.05) is 26.7 Å². The van der Waals surface area contributed by atoms with E-state index in [-0.39, 0.29) is 11.5 Å². The molecule has 120 valence electrons. The molecule has 0 unspecified atom stereocenters. The first-order valence-electron chi connectivity index (χ1n) is 9.40. The molecule has 0 heterocycles. The molecule has 4 aliphatic rings. The lowest BCUT2D eigenvalue weighted by atomic mass is 9.44. The lowest BCUT2D eigenvalue weighted by molar-refractivity contribution is -0.130. The van der Waals surface area contributed by atoms with E-state index in [1.807, 2.05) is 0 Å². The molecule has 0 aliphatic heterocycles. The molecule has 0 aromatic heterocycles. The average Bonchev–Trinajstić information content (AvgIpc) is 2.73. The van der Waals surface area contributed by atoms with E-state index in [1.165, 1.54) is 44.9 Å². The molecule has 2 nitrogen and oxygen atoms in total. The van der Waals surface area contributed by atoms with E-state index >= 15 is 0 Å². The van der Waals surface area contributed by atoms with Crippen LogP contribution in [0.15, 0.2) is 0 Å². The van der Waals surface area contributed by atoms with Crippen LogP contribution in [0.4, 0.5) is 0 Å². The molecule has 4 saturated carbocycles. The summed E-state index contributed by atoms with van der Waals surface area (Å²) in [7, 11) is 0. The largest absolute Gasteiger partial charge is 0.393 e. The van der Waals surface area contributed by atoms with Gasteiger partial charge < -0.3 is 10.8 Å². The molecule has 2 heteroatoms. The highest BCUT2D eigenvalue weighted by atomic mass is 16.3. The van der Waals surface area contributed by atoms with Crippen molar-refractivity contribution < 1.29 is 5.11 Å². The minimum Gasteiger partial charge on any atom is -0.393 e. The Morgan fingerprint density at radius 2 is 1.76 bits per heavy atom. The van der Waals surface area contributed by atoms with Crippen molar-refractivity contribution >= 4 is 0 Å². The first-order chi connectivity index (χ1) is 9.97. The van der Waals surface area contributed by atoms with Crippen molar-refractivity contribution in [2.45, 2.75) is 83.8 Å². The third kappa shape index (κ3) is 1.84. The Kier molecular flexibility index (Phi) is 3.25. The Hall–Kier alpha value is -0.0800. The van der Waals surface area contributed by atoms with Crippen LogP contribution >= 0.6 is 0 Å². The van der Waals surface area contributed by atoms with E-state index < -0.39 is 0 Å². The molecule has 4 rings (SSSR count). The first kappa shape index (κ1) is 14.5. The summed E-state index contributed by atoms with van der Waals surface area (Å²) in [5, 5.41) is 10.5. The molecule has 0 aromatic carbocycles. The van der Waals surface area contributed by atoms with Gasteiger partial charge in [0.15, 0.2) is 0 Å². The van der Waals surface area contributed by atoms with Crippen molar-refractivity contribution in [1.29, 1.82) is 0 Å². The topological polar surface area (TPSA) is 46.2 Å². The third-order valence-electron chi connectivity index (χ3n) is 8.53. The van der Waals surface area contributed by atoms with Crippen LogP contribution in [0.2, 0.25) is 0 Å². The van der Waals surface area contributed by atoms with Gasteiger partial charge in [0.1, 0.15) is 0 Å². The Morgan fingerprint density at radius 1 is 0.952 bits per heavy atom. The third-order valence-corrected chi connectivity index (χ3v) is 8.53. The molecular weight excluding hydrogens is 258 g/mol. The van der Waals surface area contributed by atoms with E-state index in [9.17, 15) is 5.11 Å². The summed E-state index contributed by atoms with van der Waals surface area (Å²) in [6, 6.07) is 0.315. The quantitative estimate of drug-likeness (QED) is 0.714. The number of aliphatic hydroxyl groups excluding tert-OH is 1. The smallest absolute Gasteiger partial charge is 0.0597 e. The second kappa shape index (κ2) is 4.71. The number of fused-ring (bicyclic) bond motifs is 5. The zero-order chi connectivity index (χ0) is 14.8. The van der Waals surface area contributed by atoms with Crippen LogP contribution < -0.4 is 5.73 Å². The Balaban J connectivity index is 1.70. The standard InChI is InChI=1S/C19H33NO/c1-18-10-4-3-5-12(18)6-7-13-14-8-9-16(21)19(14,2)11-15(20)17(13)18/h12-17,21H,3-11,20H2,1-2H3/t12-,13+,14+,15-,16+,17-,18+,19+/m1/s1. The lowest BCUT2D eigenvalue weighted by Gasteiger charge is -2.62. The maximum absolute atomic E-state index is 10.5. The molecule has 0 aromatic rings. The van der Waals surface area contributed by atoms with Crippen LogP contribution in [0.5, 0.6) is 0 Å². The average molecular weight is 291 g/mol. The van der Waals surface area contributed by atoms with Crippen molar-refractivity contribution in [2.75, 3.05) is 0 Å². The molecule has 4 aliphatic carbocycles. The zero-order valence-electron chi connectivity index (χ0n) is 13.9. The minimum atomic E-state index is -0.105. The van der Waals surface area contributed by atoms with Crippen LogP contribution in [0.25, 0.3) is 0 Å². The molecule has 3 N–H and O–H groups in total. The highest BCUT2D eigenvalue weighted by Crippen LogP contribution is 2.65. The van der Waals surface area contributed by atoms with Crippen LogP contribution in [0.3, 0.4) is 0 Å². The van der Waals surface area contributed by atoms with Gasteiger partial charge in [0.2, 0.25) is 0 Å². The van der Waals surface area contributed by atoms with Crippen molar-refractivity contribution in [3.8, 4) is 0 Å². The fraction of sp³-hybridized carbons (Fsp3) is 1.00. The van der Waals surface area contributed by atoms with Crippen molar-refractivity contribution in [3.05, 3.63) is 0 Å². The summed E-state index contributed by atoms with van der Waals surface area (Å²) in [6.07, 6.45) is 11.7. The summed E-state index contributed by atoms with van der Waals surface area (Å²) in [5.74, 6) is 3.17. The van der Waals surface area contributed by atoms with Gasteiger partial charge in [0.25, 0.3) is 0 Å². The van der Waals surface area contributed by atoms with Gasteiger partial charge in [-0.2, -0.15) is 0 Å². The maximum atomic E-state index is 10.5. The number of aliphatic hydroxyl groups is 1. The molecule has 0 spiro atoms. The van der Waals surface area contributed by atoms with Crippen LogP contribution in [-0.4, -0.2) is 17.3 Å². The molecule has 4 fully saturated rings. The fourth-order valence-electron chi connectivity index (χ4n) is 7.53. The van der Waals surface area contributed by atoms with Crippen molar-refractivity contribution in [1.82, 2.24) is 0 Å². The second-order valence-electron chi connectivity index (χ2n) is 9.29. The SMILES string of the molecule is C[C@]12CCCC[C@@H]1CC[C@@H]1[C@@H]2[C@H](N)C[C@]2(C)[C@@H](O)CC[C@@H]12. The predicted octanol–water partition coefficient (Wildman–Crippen LogP) is 3.72. The van der Waals surface area contributed by atoms with Crippen LogP contribution in [0.1, 0.15) is 71.6 Å². The zero-order valence-corrected chi connectivity index (χ0v) is 13.9. The number of hydrogen-bond acceptors (Lipinski definition) is 2. The maximum Gasteiger partial charge on any atom is 0.0597 e. The van der Waals surface area contributed by atoms with E-state index in [4.69, 9.17) is 5.73 Å². The Labute approximate surface area is 129 Å². The lowest BCUT2D eigenvalue weighted by Crippen LogP contribution is -2.61. The van der Waals surface area contributed by atoms with Gasteiger partial charge in [-0.15, -0.1) is 0 Å². The monoisotopic (exact) mass is 291 g/mol. The highest BCUT2D eigenvalue weighted by molar-refractivity contribution is 5.12. The summed E-state index contributed by atoms with van der Waals surface area (Å²) in [6.45, 7) is 4.91. The summed E-state index contributed by atoms with van der Waals surface area (Å²) in [4.78, 5) is 0. The fourth-order valence-corrected chi connectivity index (χ4v) is 7.53. The summed E-state index contributed by atoms with van der Waals surface area (Å²) in [5.41, 5.74) is 7.38. The molecule has 8 atom stereocenters. The van der Waals surface area contributed by atoms with Crippen molar-refractivity contribution in [2.24, 2.45) is 40.2 Å². The molecule has 0 radical (unpaired) electrons. The molecule has 0 bridgehead atoms. The predicted molar refractivity (Wildman–Crippen MR) is 85.7 cm³/mol.